The Labute approximate surface area is 200 Å². The van der Waals surface area contributed by atoms with Crippen molar-refractivity contribution in [2.75, 3.05) is 14.1 Å². The number of aromatic nitrogens is 6. The molecule has 2 aromatic carbocycles. The first-order valence-electron chi connectivity index (χ1n) is 11.2. The van der Waals surface area contributed by atoms with Gasteiger partial charge in [0.2, 0.25) is 0 Å². The molecule has 0 fully saturated rings. The molecule has 0 atom stereocenters. The average Bonchev–Trinajstić information content (AvgIpc) is 3.48. The maximum Gasteiger partial charge on any atom is 0.178 e. The largest absolute Gasteiger partial charge is 0.335 e. The molecule has 0 saturated carbocycles. The van der Waals surface area contributed by atoms with Gasteiger partial charge in [-0.15, -0.1) is 0 Å². The number of hydrogen-bond acceptors (Lipinski definition) is 5. The van der Waals surface area contributed by atoms with Gasteiger partial charge in [0.05, 0.1) is 11.0 Å². The zero-order chi connectivity index (χ0) is 23.9. The summed E-state index contributed by atoms with van der Waals surface area (Å²) < 4.78 is 13.4. The third-order valence-electron chi connectivity index (χ3n) is 5.96. The molecule has 4 aromatic heterocycles. The van der Waals surface area contributed by atoms with Crippen molar-refractivity contribution in [3.63, 3.8) is 0 Å². The fraction of sp³-hybridized carbons (Fsp3) is 0.111. The zero-order valence-corrected chi connectivity index (χ0v) is 19.2. The van der Waals surface area contributed by atoms with Crippen LogP contribution in [-0.4, -0.2) is 49.1 Å². The third kappa shape index (κ3) is 3.94. The van der Waals surface area contributed by atoms with E-state index in [1.54, 1.807) is 18.3 Å². The first-order valence-corrected chi connectivity index (χ1v) is 11.2. The lowest BCUT2D eigenvalue weighted by atomic mass is 10.0. The van der Waals surface area contributed by atoms with E-state index in [1.165, 1.54) is 12.1 Å². The summed E-state index contributed by atoms with van der Waals surface area (Å²) >= 11 is 0. The molecular weight excluding hydrogens is 441 g/mol. The maximum atomic E-state index is 13.4. The summed E-state index contributed by atoms with van der Waals surface area (Å²) in [5.41, 5.74) is 8.01. The molecule has 0 aliphatic carbocycles. The lowest BCUT2D eigenvalue weighted by Gasteiger charge is -2.10. The molecule has 8 heteroatoms. The van der Waals surface area contributed by atoms with Crippen molar-refractivity contribution in [1.29, 1.82) is 0 Å². The molecule has 0 unspecified atom stereocenters. The van der Waals surface area contributed by atoms with Crippen LogP contribution < -0.4 is 0 Å². The van der Waals surface area contributed by atoms with Gasteiger partial charge in [0.1, 0.15) is 11.5 Å². The average molecular weight is 464 g/mol. The van der Waals surface area contributed by atoms with E-state index in [9.17, 15) is 4.39 Å². The van der Waals surface area contributed by atoms with Gasteiger partial charge in [-0.1, -0.05) is 18.2 Å². The number of aromatic amines is 2. The van der Waals surface area contributed by atoms with E-state index in [-0.39, 0.29) is 5.82 Å². The Morgan fingerprint density at radius 1 is 0.914 bits per heavy atom. The molecule has 7 nitrogen and oxygen atoms in total. The van der Waals surface area contributed by atoms with E-state index in [0.717, 1.165) is 50.8 Å². The fourth-order valence-corrected chi connectivity index (χ4v) is 4.36. The van der Waals surface area contributed by atoms with Gasteiger partial charge in [-0.2, -0.15) is 5.10 Å². The fourth-order valence-electron chi connectivity index (χ4n) is 4.36. The Balaban J connectivity index is 1.44. The first-order chi connectivity index (χ1) is 17.0. The quantitative estimate of drug-likeness (QED) is 0.356. The van der Waals surface area contributed by atoms with E-state index in [2.05, 4.69) is 48.2 Å². The van der Waals surface area contributed by atoms with Gasteiger partial charge in [0.15, 0.2) is 11.5 Å². The van der Waals surface area contributed by atoms with Crippen molar-refractivity contribution in [1.82, 2.24) is 35.0 Å². The minimum atomic E-state index is -0.273. The molecule has 6 aromatic rings. The van der Waals surface area contributed by atoms with Gasteiger partial charge in [0, 0.05) is 41.6 Å². The molecule has 0 radical (unpaired) electrons. The smallest absolute Gasteiger partial charge is 0.178 e. The Morgan fingerprint density at radius 2 is 1.74 bits per heavy atom. The number of halogens is 1. The molecule has 4 heterocycles. The van der Waals surface area contributed by atoms with Gasteiger partial charge in [-0.25, -0.2) is 14.4 Å². The van der Waals surface area contributed by atoms with Crippen LogP contribution in [0.15, 0.2) is 73.2 Å². The predicted molar refractivity (Wildman–Crippen MR) is 135 cm³/mol. The second-order valence-corrected chi connectivity index (χ2v) is 8.80. The number of hydrogen-bond donors (Lipinski definition) is 2. The molecular formula is C27H22FN7. The number of fused-ring (bicyclic) bond motifs is 2. The highest BCUT2D eigenvalue weighted by molar-refractivity contribution is 5.97. The Bertz CT molecular complexity index is 1670. The number of benzene rings is 2. The molecule has 0 saturated heterocycles. The van der Waals surface area contributed by atoms with Crippen LogP contribution in [0, 0.1) is 5.82 Å². The van der Waals surface area contributed by atoms with E-state index >= 15 is 0 Å². The van der Waals surface area contributed by atoms with Crippen molar-refractivity contribution >= 4 is 22.1 Å². The predicted octanol–water partition coefficient (Wildman–Crippen LogP) is 5.43. The minimum absolute atomic E-state index is 0.273. The van der Waals surface area contributed by atoms with Crippen LogP contribution in [0.4, 0.5) is 4.39 Å². The van der Waals surface area contributed by atoms with Gasteiger partial charge < -0.3 is 9.88 Å². The summed E-state index contributed by atoms with van der Waals surface area (Å²) in [6, 6.07) is 16.6. The van der Waals surface area contributed by atoms with Crippen molar-refractivity contribution in [2.24, 2.45) is 0 Å². The molecule has 6 rings (SSSR count). The number of H-pyrrole nitrogens is 2. The normalized spacial score (nSPS) is 11.7. The van der Waals surface area contributed by atoms with Crippen LogP contribution in [0.25, 0.3) is 55.8 Å². The summed E-state index contributed by atoms with van der Waals surface area (Å²) in [4.78, 5) is 19.1. The number of nitrogens with one attached hydrogen (secondary N) is 2. The minimum Gasteiger partial charge on any atom is -0.335 e. The van der Waals surface area contributed by atoms with E-state index in [0.29, 0.717) is 17.2 Å². The molecule has 0 bridgehead atoms. The molecule has 2 N–H and O–H groups in total. The van der Waals surface area contributed by atoms with Crippen molar-refractivity contribution in [2.45, 2.75) is 6.54 Å². The van der Waals surface area contributed by atoms with Crippen LogP contribution >= 0.6 is 0 Å². The summed E-state index contributed by atoms with van der Waals surface area (Å²) in [6.45, 7) is 0.822. The topological polar surface area (TPSA) is 86.4 Å². The first kappa shape index (κ1) is 21.1. The number of pyridine rings is 2. The summed E-state index contributed by atoms with van der Waals surface area (Å²) in [6.07, 6.45) is 5.48. The molecule has 0 spiro atoms. The zero-order valence-electron chi connectivity index (χ0n) is 19.2. The van der Waals surface area contributed by atoms with E-state index < -0.39 is 0 Å². The van der Waals surface area contributed by atoms with Gasteiger partial charge in [0.25, 0.3) is 0 Å². The summed E-state index contributed by atoms with van der Waals surface area (Å²) in [5, 5.41) is 8.60. The van der Waals surface area contributed by atoms with Crippen LogP contribution in [0.2, 0.25) is 0 Å². The molecule has 0 aliphatic heterocycles. The van der Waals surface area contributed by atoms with Crippen LogP contribution in [-0.2, 0) is 6.54 Å². The SMILES string of the molecule is CN(C)Cc1cncc(-c2ccc3[nH]nc(-c4nc5nccc(-c6ccc(F)cc6)c5[nH]4)c3c2)c1. The standard InChI is InChI=1S/C27H22FN7/c1-35(2)15-16-11-19(14-29-13-16)18-5-8-23-22(12-18)25(34-33-23)27-31-24-21(9-10-30-26(24)32-27)17-3-6-20(28)7-4-17/h3-14H,15H2,1-2H3,(H,33,34)(H,30,31,32). The molecule has 0 aliphatic rings. The number of imidazole rings is 1. The van der Waals surface area contributed by atoms with Crippen molar-refractivity contribution in [3.8, 4) is 33.8 Å². The molecule has 35 heavy (non-hydrogen) atoms. The Morgan fingerprint density at radius 3 is 2.57 bits per heavy atom. The lowest BCUT2D eigenvalue weighted by Crippen LogP contribution is -2.10. The van der Waals surface area contributed by atoms with E-state index in [1.807, 2.05) is 38.6 Å². The van der Waals surface area contributed by atoms with Gasteiger partial charge >= 0.3 is 0 Å². The Hall–Kier alpha value is -4.43. The van der Waals surface area contributed by atoms with Gasteiger partial charge in [-0.05, 0) is 67.2 Å². The van der Waals surface area contributed by atoms with Crippen molar-refractivity contribution < 1.29 is 4.39 Å². The third-order valence-corrected chi connectivity index (χ3v) is 5.96. The summed E-state index contributed by atoms with van der Waals surface area (Å²) in [5.74, 6) is 0.343. The number of rotatable bonds is 5. The van der Waals surface area contributed by atoms with Crippen LogP contribution in [0.1, 0.15) is 5.56 Å². The van der Waals surface area contributed by atoms with Crippen LogP contribution in [0.5, 0.6) is 0 Å². The monoisotopic (exact) mass is 463 g/mol. The van der Waals surface area contributed by atoms with Gasteiger partial charge in [-0.3, -0.25) is 10.1 Å². The van der Waals surface area contributed by atoms with Crippen LogP contribution in [0.3, 0.4) is 0 Å². The highest BCUT2D eigenvalue weighted by atomic mass is 19.1. The molecule has 172 valence electrons. The second kappa shape index (κ2) is 8.41. The second-order valence-electron chi connectivity index (χ2n) is 8.80. The van der Waals surface area contributed by atoms with E-state index in [4.69, 9.17) is 4.98 Å². The van der Waals surface area contributed by atoms with Crippen molar-refractivity contribution in [3.05, 3.63) is 84.6 Å². The summed E-state index contributed by atoms with van der Waals surface area (Å²) in [7, 11) is 4.08. The highest BCUT2D eigenvalue weighted by Crippen LogP contribution is 2.32. The maximum absolute atomic E-state index is 13.4. The number of nitrogens with zero attached hydrogens (tertiary/aromatic N) is 5. The Kier molecular flexibility index (Phi) is 5.08. The lowest BCUT2D eigenvalue weighted by molar-refractivity contribution is 0.402. The molecule has 0 amide bonds. The highest BCUT2D eigenvalue weighted by Gasteiger charge is 2.16.